The first kappa shape index (κ1) is 24.4. The molecule has 0 saturated carbocycles. The maximum Gasteiger partial charge on any atom is 0.297 e. The van der Waals surface area contributed by atoms with Gasteiger partial charge in [0.1, 0.15) is 10.7 Å². The molecule has 1 amide bonds. The van der Waals surface area contributed by atoms with Crippen molar-refractivity contribution >= 4 is 22.1 Å². The Morgan fingerprint density at radius 2 is 1.97 bits per heavy atom. The van der Waals surface area contributed by atoms with Gasteiger partial charge in [-0.3, -0.25) is 9.35 Å². The lowest BCUT2D eigenvalue weighted by molar-refractivity contribution is -0.117. The zero-order valence-corrected chi connectivity index (χ0v) is 21.0. The summed E-state index contributed by atoms with van der Waals surface area (Å²) in [6.07, 6.45) is 15.2. The molecule has 0 spiro atoms. The highest BCUT2D eigenvalue weighted by Crippen LogP contribution is 2.37. The van der Waals surface area contributed by atoms with Gasteiger partial charge in [0.15, 0.2) is 0 Å². The summed E-state index contributed by atoms with van der Waals surface area (Å²) in [5.74, 6) is 0.909. The van der Waals surface area contributed by atoms with E-state index >= 15 is 0 Å². The summed E-state index contributed by atoms with van der Waals surface area (Å²) in [6.45, 7) is 3.07. The molecule has 0 radical (unpaired) electrons. The number of likely N-dealkylation sites (tertiary alicyclic amines) is 1. The number of allylic oxidation sites excluding steroid dienone is 3. The Morgan fingerprint density at radius 1 is 1.19 bits per heavy atom. The second kappa shape index (κ2) is 10.4. The number of carbonyl (C=O) groups excluding carboxylic acids is 1. The van der Waals surface area contributed by atoms with Crippen molar-refractivity contribution in [1.29, 1.82) is 0 Å². The van der Waals surface area contributed by atoms with Crippen LogP contribution in [0.2, 0.25) is 0 Å². The summed E-state index contributed by atoms with van der Waals surface area (Å²) in [7, 11) is -4.59. The predicted molar refractivity (Wildman–Crippen MR) is 140 cm³/mol. The first-order chi connectivity index (χ1) is 17.4. The zero-order chi connectivity index (χ0) is 25.1. The third kappa shape index (κ3) is 5.27. The summed E-state index contributed by atoms with van der Waals surface area (Å²) in [5.41, 5.74) is 1.54. The molecular weight excluding hydrogens is 476 g/mol. The minimum atomic E-state index is -4.59. The van der Waals surface area contributed by atoms with Crippen molar-refractivity contribution in [3.05, 3.63) is 88.4 Å². The molecule has 8 nitrogen and oxygen atoms in total. The molecule has 9 heteroatoms. The third-order valence-corrected chi connectivity index (χ3v) is 8.14. The van der Waals surface area contributed by atoms with E-state index in [4.69, 9.17) is 0 Å². The number of rotatable bonds is 8. The van der Waals surface area contributed by atoms with Crippen LogP contribution in [0.5, 0.6) is 0 Å². The Balaban J connectivity index is 1.12. The Morgan fingerprint density at radius 3 is 2.72 bits per heavy atom. The molecule has 0 aliphatic carbocycles. The number of carbonyl (C=O) groups is 1. The number of nitrogens with one attached hydrogen (secondary N) is 2. The van der Waals surface area contributed by atoms with Gasteiger partial charge in [-0.05, 0) is 67.7 Å². The second-order valence-electron chi connectivity index (χ2n) is 9.60. The lowest BCUT2D eigenvalue weighted by Gasteiger charge is -2.33. The van der Waals surface area contributed by atoms with Crippen LogP contribution in [-0.2, 0) is 14.9 Å². The molecule has 4 heterocycles. The van der Waals surface area contributed by atoms with Gasteiger partial charge in [0.05, 0.1) is 17.3 Å². The van der Waals surface area contributed by atoms with Gasteiger partial charge >= 0.3 is 0 Å². The predicted octanol–water partition coefficient (Wildman–Crippen LogP) is 2.99. The van der Waals surface area contributed by atoms with Gasteiger partial charge in [-0.2, -0.15) is 8.42 Å². The average molecular weight is 509 g/mol. The fraction of sp³-hybridized carbons (Fsp3) is 0.370. The van der Waals surface area contributed by atoms with E-state index in [1.165, 1.54) is 5.56 Å². The highest BCUT2D eigenvalue weighted by molar-refractivity contribution is 7.90. The number of piperidine rings is 1. The van der Waals surface area contributed by atoms with Crippen LogP contribution in [0.4, 0.5) is 0 Å². The number of hydrogen-bond acceptors (Lipinski definition) is 6. The minimum absolute atomic E-state index is 0.0156. The van der Waals surface area contributed by atoms with Crippen molar-refractivity contribution in [2.75, 3.05) is 26.2 Å². The fourth-order valence-corrected chi connectivity index (χ4v) is 6.20. The van der Waals surface area contributed by atoms with Crippen LogP contribution in [0.1, 0.15) is 31.2 Å². The Kier molecular flexibility index (Phi) is 7.02. The molecule has 4 aliphatic rings. The van der Waals surface area contributed by atoms with E-state index in [1.54, 1.807) is 23.1 Å². The largest absolute Gasteiger partial charge is 0.377 e. The molecule has 4 aliphatic heterocycles. The van der Waals surface area contributed by atoms with Gasteiger partial charge in [0, 0.05) is 26.2 Å². The first-order valence-electron chi connectivity index (χ1n) is 12.5. The van der Waals surface area contributed by atoms with Crippen LogP contribution in [0.3, 0.4) is 0 Å². The van der Waals surface area contributed by atoms with E-state index in [0.717, 1.165) is 44.6 Å². The maximum atomic E-state index is 13.0. The average Bonchev–Trinajstić information content (AvgIpc) is 3.30. The minimum Gasteiger partial charge on any atom is -0.377 e. The highest BCUT2D eigenvalue weighted by Gasteiger charge is 2.41. The van der Waals surface area contributed by atoms with Gasteiger partial charge < -0.3 is 20.4 Å². The van der Waals surface area contributed by atoms with E-state index in [-0.39, 0.29) is 16.5 Å². The molecule has 1 unspecified atom stereocenters. The molecule has 190 valence electrons. The topological polar surface area (TPSA) is 102 Å². The van der Waals surface area contributed by atoms with E-state index in [9.17, 15) is 17.8 Å². The van der Waals surface area contributed by atoms with Crippen LogP contribution in [0.15, 0.2) is 82.8 Å². The smallest absolute Gasteiger partial charge is 0.297 e. The van der Waals surface area contributed by atoms with Crippen LogP contribution in [0, 0.1) is 5.92 Å². The van der Waals surface area contributed by atoms with Crippen LogP contribution < -0.4 is 10.6 Å². The summed E-state index contributed by atoms with van der Waals surface area (Å²) in [5, 5.41) is 6.09. The quantitative estimate of drug-likeness (QED) is 0.367. The summed E-state index contributed by atoms with van der Waals surface area (Å²) in [6, 6.07) is 10.1. The number of hydrogen-bond donors (Lipinski definition) is 3. The van der Waals surface area contributed by atoms with Crippen molar-refractivity contribution < 1.29 is 17.8 Å². The molecule has 2 saturated heterocycles. The van der Waals surface area contributed by atoms with Gasteiger partial charge in [0.25, 0.3) is 16.0 Å². The van der Waals surface area contributed by atoms with Crippen LogP contribution in [0.25, 0.3) is 6.08 Å². The standard InChI is InChI=1S/C27H32N4O4S/c32-27(23-18-22-19-29-25-10-4-9-24(31(22)25)26(23)36(33,34)35)28-14-5-8-21-12-16-30(17-13-21)15-11-20-6-2-1-3-7-20/h1-4,6-7,9-11,15,18,21-22,29H,5,8,12-14,16-17,19H2,(H,28,32)(H,33,34,35). The van der Waals surface area contributed by atoms with E-state index in [0.29, 0.717) is 24.7 Å². The highest BCUT2D eigenvalue weighted by atomic mass is 32.2. The summed E-state index contributed by atoms with van der Waals surface area (Å²) >= 11 is 0. The second-order valence-corrected chi connectivity index (χ2v) is 11.0. The number of benzene rings is 1. The molecule has 0 aromatic heterocycles. The number of amides is 1. The molecule has 5 rings (SSSR count). The fourth-order valence-electron chi connectivity index (χ4n) is 5.33. The lowest BCUT2D eigenvalue weighted by atomic mass is 9.92. The van der Waals surface area contributed by atoms with Crippen molar-refractivity contribution in [3.8, 4) is 0 Å². The molecule has 1 aromatic rings. The van der Waals surface area contributed by atoms with Gasteiger partial charge in [-0.1, -0.05) is 36.4 Å². The first-order valence-corrected chi connectivity index (χ1v) is 13.9. The molecule has 2 fully saturated rings. The molecular formula is C27H32N4O4S. The molecule has 3 N–H and O–H groups in total. The van der Waals surface area contributed by atoms with Gasteiger partial charge in [0.2, 0.25) is 0 Å². The monoisotopic (exact) mass is 508 g/mol. The van der Waals surface area contributed by atoms with Crippen molar-refractivity contribution in [2.45, 2.75) is 31.7 Å². The van der Waals surface area contributed by atoms with Gasteiger partial charge in [-0.15, -0.1) is 0 Å². The molecule has 1 atom stereocenters. The van der Waals surface area contributed by atoms with Gasteiger partial charge in [-0.25, -0.2) is 0 Å². The van der Waals surface area contributed by atoms with Crippen molar-refractivity contribution in [3.63, 3.8) is 0 Å². The third-order valence-electron chi connectivity index (χ3n) is 7.19. The summed E-state index contributed by atoms with van der Waals surface area (Å²) < 4.78 is 34.4. The van der Waals surface area contributed by atoms with Crippen molar-refractivity contribution in [1.82, 2.24) is 20.4 Å². The van der Waals surface area contributed by atoms with E-state index < -0.39 is 16.0 Å². The zero-order valence-electron chi connectivity index (χ0n) is 20.1. The van der Waals surface area contributed by atoms with Crippen LogP contribution >= 0.6 is 0 Å². The Hall–Kier alpha value is -3.30. The Bertz CT molecular complexity index is 1260. The normalized spacial score (nSPS) is 21.9. The van der Waals surface area contributed by atoms with E-state index in [1.807, 2.05) is 24.3 Å². The van der Waals surface area contributed by atoms with Crippen molar-refractivity contribution in [2.24, 2.45) is 5.92 Å². The van der Waals surface area contributed by atoms with E-state index in [2.05, 4.69) is 39.9 Å². The SMILES string of the molecule is O=C(NCCCC1CCN(C=Cc2ccccc2)CC1)C1=CC2CNC3=CC=CC(=C1S(=O)(=O)O)N32. The molecule has 36 heavy (non-hydrogen) atoms. The van der Waals surface area contributed by atoms with Crippen LogP contribution in [-0.4, -0.2) is 60.9 Å². The maximum absolute atomic E-state index is 13.0. The molecule has 1 aromatic carbocycles. The molecule has 0 bridgehead atoms. The lowest BCUT2D eigenvalue weighted by Crippen LogP contribution is -2.38. The number of nitrogens with zero attached hydrogens (tertiary/aromatic N) is 2. The summed E-state index contributed by atoms with van der Waals surface area (Å²) in [4.78, 5) is 16.8. The Labute approximate surface area is 212 Å².